The molecule has 0 aliphatic carbocycles. The van der Waals surface area contributed by atoms with Crippen LogP contribution in [0.15, 0.2) is 54.6 Å². The fourth-order valence-electron chi connectivity index (χ4n) is 2.94. The number of hydrogen-bond donors (Lipinski definition) is 1. The Morgan fingerprint density at radius 1 is 1.12 bits per heavy atom. The molecule has 0 spiro atoms. The van der Waals surface area contributed by atoms with Gasteiger partial charge in [-0.2, -0.15) is 0 Å². The van der Waals surface area contributed by atoms with E-state index in [-0.39, 0.29) is 12.7 Å². The Bertz CT molecular complexity index is 697. The molecule has 5 heteroatoms. The number of carbonyl (C=O) groups is 1. The number of rotatable bonds is 3. The Labute approximate surface area is 146 Å². The topological polar surface area (TPSA) is 49.8 Å². The van der Waals surface area contributed by atoms with E-state index in [9.17, 15) is 9.90 Å². The van der Waals surface area contributed by atoms with Crippen molar-refractivity contribution in [2.45, 2.75) is 25.0 Å². The maximum Gasteiger partial charge on any atom is 0.410 e. The summed E-state index contributed by atoms with van der Waals surface area (Å²) in [7, 11) is 0. The second kappa shape index (κ2) is 7.24. The van der Waals surface area contributed by atoms with Gasteiger partial charge < -0.3 is 14.7 Å². The molecule has 0 radical (unpaired) electrons. The largest absolute Gasteiger partial charge is 0.445 e. The third-order valence-corrected chi connectivity index (χ3v) is 4.65. The monoisotopic (exact) mass is 345 g/mol. The minimum atomic E-state index is -0.943. The van der Waals surface area contributed by atoms with Gasteiger partial charge in [0.1, 0.15) is 6.61 Å². The third kappa shape index (κ3) is 3.89. The van der Waals surface area contributed by atoms with Crippen LogP contribution in [0.3, 0.4) is 0 Å². The van der Waals surface area contributed by atoms with Gasteiger partial charge >= 0.3 is 6.09 Å². The lowest BCUT2D eigenvalue weighted by atomic mass is 9.84. The van der Waals surface area contributed by atoms with E-state index in [2.05, 4.69) is 0 Å². The minimum Gasteiger partial charge on any atom is -0.445 e. The van der Waals surface area contributed by atoms with Crippen LogP contribution in [0.5, 0.6) is 0 Å². The van der Waals surface area contributed by atoms with Gasteiger partial charge in [-0.1, -0.05) is 54.1 Å². The van der Waals surface area contributed by atoms with Gasteiger partial charge in [0.15, 0.2) is 0 Å². The number of amides is 1. The smallest absolute Gasteiger partial charge is 0.410 e. The summed E-state index contributed by atoms with van der Waals surface area (Å²) in [6, 6.07) is 16.8. The normalized spacial score (nSPS) is 16.7. The summed E-state index contributed by atoms with van der Waals surface area (Å²) in [5.41, 5.74) is 0.812. The van der Waals surface area contributed by atoms with Crippen molar-refractivity contribution in [1.29, 1.82) is 0 Å². The summed E-state index contributed by atoms with van der Waals surface area (Å²) in [4.78, 5) is 13.8. The van der Waals surface area contributed by atoms with Crippen molar-refractivity contribution in [2.24, 2.45) is 0 Å². The van der Waals surface area contributed by atoms with Crippen molar-refractivity contribution < 1.29 is 14.6 Å². The number of benzene rings is 2. The van der Waals surface area contributed by atoms with Gasteiger partial charge in [-0.3, -0.25) is 0 Å². The van der Waals surface area contributed by atoms with Crippen molar-refractivity contribution in [3.8, 4) is 0 Å². The summed E-state index contributed by atoms with van der Waals surface area (Å²) in [6.45, 7) is 1.17. The van der Waals surface area contributed by atoms with Crippen molar-refractivity contribution in [2.75, 3.05) is 13.1 Å². The van der Waals surface area contributed by atoms with Crippen LogP contribution in [0, 0.1) is 0 Å². The first kappa shape index (κ1) is 16.8. The van der Waals surface area contributed by atoms with Crippen LogP contribution in [0.25, 0.3) is 0 Å². The zero-order chi connectivity index (χ0) is 17.0. The summed E-state index contributed by atoms with van der Waals surface area (Å²) in [5.74, 6) is 0. The molecule has 1 amide bonds. The zero-order valence-electron chi connectivity index (χ0n) is 13.3. The predicted octanol–water partition coefficient (Wildman–Crippen LogP) is 3.96. The Kier molecular flexibility index (Phi) is 5.07. The van der Waals surface area contributed by atoms with Crippen molar-refractivity contribution in [3.63, 3.8) is 0 Å². The number of nitrogens with zero attached hydrogens (tertiary/aromatic N) is 1. The van der Waals surface area contributed by atoms with E-state index in [0.717, 1.165) is 11.1 Å². The maximum atomic E-state index is 12.2. The van der Waals surface area contributed by atoms with Crippen molar-refractivity contribution >= 4 is 17.7 Å². The summed E-state index contributed by atoms with van der Waals surface area (Å²) in [5, 5.41) is 11.4. The van der Waals surface area contributed by atoms with E-state index in [4.69, 9.17) is 16.3 Å². The molecule has 126 valence electrons. The molecule has 1 heterocycles. The molecule has 2 aromatic carbocycles. The maximum absolute atomic E-state index is 12.2. The van der Waals surface area contributed by atoms with Gasteiger partial charge in [0.2, 0.25) is 0 Å². The molecule has 24 heavy (non-hydrogen) atoms. The number of ether oxygens (including phenoxy) is 1. The number of aliphatic hydroxyl groups is 1. The van der Waals surface area contributed by atoms with Crippen LogP contribution in [0.4, 0.5) is 4.79 Å². The Hall–Kier alpha value is -2.04. The highest BCUT2D eigenvalue weighted by Crippen LogP contribution is 2.34. The molecule has 0 saturated carbocycles. The standard InChI is InChI=1S/C19H20ClNO3/c20-17-8-4-7-16(13-17)19(23)9-11-21(12-10-19)18(22)24-14-15-5-2-1-3-6-15/h1-8,13,23H,9-12,14H2. The number of hydrogen-bond acceptors (Lipinski definition) is 3. The van der Waals surface area contributed by atoms with Gasteiger partial charge in [0.05, 0.1) is 5.60 Å². The molecule has 3 rings (SSSR count). The lowest BCUT2D eigenvalue weighted by molar-refractivity contribution is -0.0255. The fourth-order valence-corrected chi connectivity index (χ4v) is 3.13. The van der Waals surface area contributed by atoms with E-state index in [1.165, 1.54) is 0 Å². The fraction of sp³-hybridized carbons (Fsp3) is 0.316. The van der Waals surface area contributed by atoms with Gasteiger partial charge in [0.25, 0.3) is 0 Å². The highest BCUT2D eigenvalue weighted by atomic mass is 35.5. The van der Waals surface area contributed by atoms with Gasteiger partial charge in [-0.05, 0) is 36.1 Å². The molecule has 0 atom stereocenters. The van der Waals surface area contributed by atoms with E-state index in [0.29, 0.717) is 31.0 Å². The SMILES string of the molecule is O=C(OCc1ccccc1)N1CCC(O)(c2cccc(Cl)c2)CC1. The summed E-state index contributed by atoms with van der Waals surface area (Å²) in [6.07, 6.45) is 0.591. The van der Waals surface area contributed by atoms with Crippen LogP contribution in [0.1, 0.15) is 24.0 Å². The molecule has 1 N–H and O–H groups in total. The zero-order valence-corrected chi connectivity index (χ0v) is 14.1. The first-order valence-corrected chi connectivity index (χ1v) is 8.39. The van der Waals surface area contributed by atoms with Gasteiger partial charge in [0, 0.05) is 18.1 Å². The van der Waals surface area contributed by atoms with Crippen LogP contribution < -0.4 is 0 Å². The van der Waals surface area contributed by atoms with E-state index >= 15 is 0 Å². The average molecular weight is 346 g/mol. The molecular formula is C19H20ClNO3. The Morgan fingerprint density at radius 2 is 1.83 bits per heavy atom. The van der Waals surface area contributed by atoms with Crippen molar-refractivity contribution in [1.82, 2.24) is 4.90 Å². The molecule has 0 unspecified atom stereocenters. The minimum absolute atomic E-state index is 0.259. The number of carbonyl (C=O) groups excluding carboxylic acids is 1. The summed E-state index contributed by atoms with van der Waals surface area (Å²) < 4.78 is 5.34. The quantitative estimate of drug-likeness (QED) is 0.916. The molecule has 1 fully saturated rings. The molecule has 1 saturated heterocycles. The molecular weight excluding hydrogens is 326 g/mol. The van der Waals surface area contributed by atoms with E-state index < -0.39 is 5.60 Å². The lowest BCUT2D eigenvalue weighted by Crippen LogP contribution is -2.45. The van der Waals surface area contributed by atoms with Crippen LogP contribution in [-0.4, -0.2) is 29.2 Å². The summed E-state index contributed by atoms with van der Waals surface area (Å²) >= 11 is 6.01. The number of piperidine rings is 1. The molecule has 4 nitrogen and oxygen atoms in total. The second-order valence-electron chi connectivity index (χ2n) is 6.07. The van der Waals surface area contributed by atoms with E-state index in [1.54, 1.807) is 17.0 Å². The number of likely N-dealkylation sites (tertiary alicyclic amines) is 1. The van der Waals surface area contributed by atoms with Gasteiger partial charge in [-0.25, -0.2) is 4.79 Å². The average Bonchev–Trinajstić information content (AvgIpc) is 2.61. The van der Waals surface area contributed by atoms with Crippen molar-refractivity contribution in [3.05, 3.63) is 70.7 Å². The third-order valence-electron chi connectivity index (χ3n) is 4.42. The predicted molar refractivity (Wildman–Crippen MR) is 92.8 cm³/mol. The highest BCUT2D eigenvalue weighted by molar-refractivity contribution is 6.30. The van der Waals surface area contributed by atoms with Gasteiger partial charge in [-0.15, -0.1) is 0 Å². The highest BCUT2D eigenvalue weighted by Gasteiger charge is 2.36. The first-order chi connectivity index (χ1) is 11.6. The lowest BCUT2D eigenvalue weighted by Gasteiger charge is -2.38. The first-order valence-electron chi connectivity index (χ1n) is 8.01. The van der Waals surface area contributed by atoms with Crippen LogP contribution in [-0.2, 0) is 16.9 Å². The van der Waals surface area contributed by atoms with Crippen LogP contribution >= 0.6 is 11.6 Å². The molecule has 1 aliphatic heterocycles. The number of halogens is 1. The Morgan fingerprint density at radius 3 is 2.50 bits per heavy atom. The second-order valence-corrected chi connectivity index (χ2v) is 6.51. The molecule has 0 bridgehead atoms. The van der Waals surface area contributed by atoms with E-state index in [1.807, 2.05) is 42.5 Å². The molecule has 1 aliphatic rings. The van der Waals surface area contributed by atoms with Crippen LogP contribution in [0.2, 0.25) is 5.02 Å². The molecule has 0 aromatic heterocycles. The Balaban J connectivity index is 1.55. The molecule has 2 aromatic rings.